The molecule has 0 aromatic carbocycles. The minimum atomic E-state index is -2.79. The lowest BCUT2D eigenvalue weighted by Crippen LogP contribution is -2.21. The Hall–Kier alpha value is -0.310. The van der Waals surface area contributed by atoms with Crippen LogP contribution in [0, 0.1) is 0 Å². The van der Waals surface area contributed by atoms with E-state index in [1.807, 2.05) is 6.08 Å². The first-order valence-corrected chi connectivity index (χ1v) is 5.80. The molecule has 0 radical (unpaired) electrons. The molecule has 1 unspecified atom stereocenters. The standard InChI is InChI=1S/C8H14O2S/c1-7-3-5-8(6-4-7)11(2,9)10/h3,8H,4-6H2,1-2H3. The third-order valence-electron chi connectivity index (χ3n) is 2.20. The van der Waals surface area contributed by atoms with Gasteiger partial charge >= 0.3 is 0 Å². The first-order chi connectivity index (χ1) is 5.00. The van der Waals surface area contributed by atoms with E-state index >= 15 is 0 Å². The predicted molar refractivity (Wildman–Crippen MR) is 46.2 cm³/mol. The fraction of sp³-hybridized carbons (Fsp3) is 0.750. The van der Waals surface area contributed by atoms with Crippen LogP contribution in [0.15, 0.2) is 11.6 Å². The third-order valence-corrected chi connectivity index (χ3v) is 3.83. The Balaban J connectivity index is 2.69. The maximum absolute atomic E-state index is 11.1. The fourth-order valence-electron chi connectivity index (χ4n) is 1.33. The van der Waals surface area contributed by atoms with E-state index in [4.69, 9.17) is 0 Å². The van der Waals surface area contributed by atoms with Crippen molar-refractivity contribution in [2.45, 2.75) is 31.4 Å². The van der Waals surface area contributed by atoms with E-state index in [2.05, 4.69) is 6.92 Å². The number of rotatable bonds is 1. The van der Waals surface area contributed by atoms with E-state index in [9.17, 15) is 8.42 Å². The lowest BCUT2D eigenvalue weighted by atomic mass is 10.0. The Morgan fingerprint density at radius 2 is 2.18 bits per heavy atom. The average molecular weight is 174 g/mol. The summed E-state index contributed by atoms with van der Waals surface area (Å²) in [5.41, 5.74) is 1.32. The molecule has 0 saturated heterocycles. The predicted octanol–water partition coefficient (Wildman–Crippen LogP) is 1.53. The van der Waals surface area contributed by atoms with Crippen LogP contribution in [0.4, 0.5) is 0 Å². The SMILES string of the molecule is CC1=CCC(S(C)(=O)=O)CC1. The monoisotopic (exact) mass is 174 g/mol. The molecule has 0 aromatic rings. The minimum Gasteiger partial charge on any atom is -0.229 e. The highest BCUT2D eigenvalue weighted by molar-refractivity contribution is 7.91. The molecule has 1 rings (SSSR count). The fourth-order valence-corrected chi connectivity index (χ4v) is 2.32. The molecule has 0 spiro atoms. The van der Waals surface area contributed by atoms with Crippen molar-refractivity contribution in [3.63, 3.8) is 0 Å². The average Bonchev–Trinajstić information content (AvgIpc) is 1.86. The Morgan fingerprint density at radius 1 is 1.55 bits per heavy atom. The van der Waals surface area contributed by atoms with E-state index in [0.29, 0.717) is 6.42 Å². The molecular weight excluding hydrogens is 160 g/mol. The van der Waals surface area contributed by atoms with Gasteiger partial charge in [-0.05, 0) is 26.2 Å². The summed E-state index contributed by atoms with van der Waals surface area (Å²) in [6, 6.07) is 0. The molecule has 0 N–H and O–H groups in total. The summed E-state index contributed by atoms with van der Waals surface area (Å²) >= 11 is 0. The van der Waals surface area contributed by atoms with Gasteiger partial charge in [-0.1, -0.05) is 11.6 Å². The molecule has 0 fully saturated rings. The Kier molecular flexibility index (Phi) is 2.37. The molecule has 0 saturated carbocycles. The molecule has 0 aromatic heterocycles. The summed E-state index contributed by atoms with van der Waals surface area (Å²) in [6.07, 6.45) is 5.82. The highest BCUT2D eigenvalue weighted by atomic mass is 32.2. The van der Waals surface area contributed by atoms with Crippen LogP contribution in [0.25, 0.3) is 0 Å². The van der Waals surface area contributed by atoms with Crippen molar-refractivity contribution in [1.82, 2.24) is 0 Å². The maximum Gasteiger partial charge on any atom is 0.150 e. The van der Waals surface area contributed by atoms with Gasteiger partial charge in [0.25, 0.3) is 0 Å². The van der Waals surface area contributed by atoms with E-state index in [1.165, 1.54) is 11.8 Å². The van der Waals surface area contributed by atoms with Gasteiger partial charge in [-0.2, -0.15) is 0 Å². The molecule has 1 atom stereocenters. The summed E-state index contributed by atoms with van der Waals surface area (Å²) < 4.78 is 22.1. The van der Waals surface area contributed by atoms with Crippen molar-refractivity contribution in [1.29, 1.82) is 0 Å². The van der Waals surface area contributed by atoms with Gasteiger partial charge in [0.2, 0.25) is 0 Å². The second-order valence-electron chi connectivity index (χ2n) is 3.28. The molecule has 3 heteroatoms. The van der Waals surface area contributed by atoms with Crippen LogP contribution in [0.3, 0.4) is 0 Å². The normalized spacial score (nSPS) is 26.4. The molecule has 1 aliphatic rings. The van der Waals surface area contributed by atoms with Crippen LogP contribution in [-0.2, 0) is 9.84 Å². The van der Waals surface area contributed by atoms with Crippen LogP contribution in [0.5, 0.6) is 0 Å². The summed E-state index contributed by atoms with van der Waals surface area (Å²) in [7, 11) is -2.79. The van der Waals surface area contributed by atoms with Crippen molar-refractivity contribution < 1.29 is 8.42 Å². The zero-order valence-corrected chi connectivity index (χ0v) is 7.82. The molecular formula is C8H14O2S. The molecule has 0 heterocycles. The first kappa shape index (κ1) is 8.78. The van der Waals surface area contributed by atoms with Gasteiger partial charge in [0, 0.05) is 6.26 Å². The van der Waals surface area contributed by atoms with E-state index in [-0.39, 0.29) is 5.25 Å². The van der Waals surface area contributed by atoms with Gasteiger partial charge in [-0.25, -0.2) is 8.42 Å². The van der Waals surface area contributed by atoms with Crippen LogP contribution in [0.1, 0.15) is 26.2 Å². The molecule has 0 amide bonds. The molecule has 11 heavy (non-hydrogen) atoms. The van der Waals surface area contributed by atoms with Crippen LogP contribution in [-0.4, -0.2) is 19.9 Å². The van der Waals surface area contributed by atoms with Crippen LogP contribution in [0.2, 0.25) is 0 Å². The van der Waals surface area contributed by atoms with Crippen LogP contribution < -0.4 is 0 Å². The van der Waals surface area contributed by atoms with Gasteiger partial charge < -0.3 is 0 Å². The molecule has 1 aliphatic carbocycles. The Morgan fingerprint density at radius 3 is 2.55 bits per heavy atom. The van der Waals surface area contributed by atoms with Gasteiger partial charge in [-0.3, -0.25) is 0 Å². The minimum absolute atomic E-state index is 0.119. The highest BCUT2D eigenvalue weighted by Gasteiger charge is 2.21. The van der Waals surface area contributed by atoms with Crippen LogP contribution >= 0.6 is 0 Å². The summed E-state index contributed by atoms with van der Waals surface area (Å²) in [6.45, 7) is 2.05. The zero-order valence-electron chi connectivity index (χ0n) is 7.00. The van der Waals surface area contributed by atoms with Gasteiger partial charge in [0.1, 0.15) is 0 Å². The van der Waals surface area contributed by atoms with Gasteiger partial charge in [-0.15, -0.1) is 0 Å². The van der Waals surface area contributed by atoms with Gasteiger partial charge in [0.15, 0.2) is 9.84 Å². The smallest absolute Gasteiger partial charge is 0.150 e. The van der Waals surface area contributed by atoms with Crippen molar-refractivity contribution >= 4 is 9.84 Å². The quantitative estimate of drug-likeness (QED) is 0.565. The largest absolute Gasteiger partial charge is 0.229 e. The topological polar surface area (TPSA) is 34.1 Å². The lowest BCUT2D eigenvalue weighted by molar-refractivity contribution is 0.571. The van der Waals surface area contributed by atoms with Crippen molar-refractivity contribution in [2.24, 2.45) is 0 Å². The molecule has 2 nitrogen and oxygen atoms in total. The lowest BCUT2D eigenvalue weighted by Gasteiger charge is -2.17. The summed E-state index contributed by atoms with van der Waals surface area (Å²) in [5, 5.41) is -0.119. The number of allylic oxidation sites excluding steroid dienone is 2. The van der Waals surface area contributed by atoms with Crippen molar-refractivity contribution in [3.05, 3.63) is 11.6 Å². The van der Waals surface area contributed by atoms with Gasteiger partial charge in [0.05, 0.1) is 5.25 Å². The van der Waals surface area contributed by atoms with Crippen molar-refractivity contribution in [3.8, 4) is 0 Å². The number of sulfone groups is 1. The van der Waals surface area contributed by atoms with E-state index in [1.54, 1.807) is 0 Å². The first-order valence-electron chi connectivity index (χ1n) is 3.84. The highest BCUT2D eigenvalue weighted by Crippen LogP contribution is 2.22. The van der Waals surface area contributed by atoms with Crippen molar-refractivity contribution in [2.75, 3.05) is 6.26 Å². The van der Waals surface area contributed by atoms with E-state index < -0.39 is 9.84 Å². The Bertz CT molecular complexity index is 262. The Labute approximate surface area is 68.2 Å². The summed E-state index contributed by atoms with van der Waals surface area (Å²) in [5.74, 6) is 0. The maximum atomic E-state index is 11.1. The number of hydrogen-bond donors (Lipinski definition) is 0. The third kappa shape index (κ3) is 2.33. The molecule has 0 aliphatic heterocycles. The number of hydrogen-bond acceptors (Lipinski definition) is 2. The second-order valence-corrected chi connectivity index (χ2v) is 5.60. The second kappa shape index (κ2) is 2.97. The molecule has 0 bridgehead atoms. The van der Waals surface area contributed by atoms with E-state index in [0.717, 1.165) is 12.8 Å². The molecule has 64 valence electrons. The zero-order chi connectivity index (χ0) is 8.48. The summed E-state index contributed by atoms with van der Waals surface area (Å²) in [4.78, 5) is 0.